The van der Waals surface area contributed by atoms with Gasteiger partial charge in [0.1, 0.15) is 5.75 Å². The van der Waals surface area contributed by atoms with E-state index in [-0.39, 0.29) is 11.9 Å². The first-order valence-corrected chi connectivity index (χ1v) is 5.23. The minimum atomic E-state index is 0.155. The van der Waals surface area contributed by atoms with Crippen LogP contribution in [0.25, 0.3) is 0 Å². The smallest absolute Gasteiger partial charge is 0.220 e. The van der Waals surface area contributed by atoms with Gasteiger partial charge in [-0.1, -0.05) is 12.1 Å². The maximum Gasteiger partial charge on any atom is 0.220 e. The van der Waals surface area contributed by atoms with Gasteiger partial charge in [0, 0.05) is 6.42 Å². The molecule has 2 rings (SSSR count). The molecule has 1 aliphatic heterocycles. The van der Waals surface area contributed by atoms with Crippen LogP contribution in [0.2, 0.25) is 0 Å². The van der Waals surface area contributed by atoms with Gasteiger partial charge in [0.15, 0.2) is 0 Å². The third-order valence-electron chi connectivity index (χ3n) is 2.75. The minimum Gasteiger partial charge on any atom is -0.497 e. The number of carbonyl (C=O) groups is 1. The van der Waals surface area contributed by atoms with Crippen LogP contribution in [0.5, 0.6) is 5.75 Å². The van der Waals surface area contributed by atoms with Crippen LogP contribution in [0.3, 0.4) is 0 Å². The number of methoxy groups -OCH3 is 1. The van der Waals surface area contributed by atoms with E-state index < -0.39 is 0 Å². The van der Waals surface area contributed by atoms with Crippen molar-refractivity contribution in [1.82, 2.24) is 5.32 Å². The molecule has 1 aromatic rings. The number of hydrogen-bond donors (Lipinski definition) is 1. The molecule has 0 aromatic heterocycles. The lowest BCUT2D eigenvalue weighted by Crippen LogP contribution is -2.32. The van der Waals surface area contributed by atoms with Crippen molar-refractivity contribution < 1.29 is 9.53 Å². The predicted molar refractivity (Wildman–Crippen MR) is 57.7 cm³/mol. The fraction of sp³-hybridized carbons (Fsp3) is 0.417. The maximum atomic E-state index is 11.2. The number of hydrogen-bond acceptors (Lipinski definition) is 2. The second-order valence-corrected chi connectivity index (χ2v) is 3.79. The molecular formula is C12H15NO2. The number of benzene rings is 1. The summed E-state index contributed by atoms with van der Waals surface area (Å²) in [5.74, 6) is 1.00. The largest absolute Gasteiger partial charge is 0.497 e. The highest BCUT2D eigenvalue weighted by Gasteiger charge is 2.19. The van der Waals surface area contributed by atoms with Gasteiger partial charge in [0.2, 0.25) is 5.91 Å². The van der Waals surface area contributed by atoms with Crippen molar-refractivity contribution in [1.29, 1.82) is 0 Å². The summed E-state index contributed by atoms with van der Waals surface area (Å²) in [6.45, 7) is 0. The van der Waals surface area contributed by atoms with Crippen molar-refractivity contribution in [3.05, 3.63) is 29.8 Å². The average Bonchev–Trinajstić information content (AvgIpc) is 2.29. The SMILES string of the molecule is COc1ccc([C@@H]2CCCC(=O)N2)cc1. The van der Waals surface area contributed by atoms with E-state index in [1.54, 1.807) is 7.11 Å². The van der Waals surface area contributed by atoms with E-state index in [9.17, 15) is 4.79 Å². The first kappa shape index (κ1) is 10.0. The minimum absolute atomic E-state index is 0.155. The number of carbonyl (C=O) groups excluding carboxylic acids is 1. The Hall–Kier alpha value is -1.51. The molecule has 1 atom stereocenters. The Bertz CT molecular complexity index is 345. The number of nitrogens with one attached hydrogen (secondary N) is 1. The van der Waals surface area contributed by atoms with Gasteiger partial charge in [-0.25, -0.2) is 0 Å². The lowest BCUT2D eigenvalue weighted by atomic mass is 9.97. The third-order valence-corrected chi connectivity index (χ3v) is 2.75. The lowest BCUT2D eigenvalue weighted by Gasteiger charge is -2.23. The summed E-state index contributed by atoms with van der Waals surface area (Å²) in [6.07, 6.45) is 2.66. The lowest BCUT2D eigenvalue weighted by molar-refractivity contribution is -0.123. The van der Waals surface area contributed by atoms with Gasteiger partial charge >= 0.3 is 0 Å². The van der Waals surface area contributed by atoms with Gasteiger partial charge in [-0.15, -0.1) is 0 Å². The Morgan fingerprint density at radius 3 is 2.67 bits per heavy atom. The van der Waals surface area contributed by atoms with Crippen molar-refractivity contribution in [2.75, 3.05) is 7.11 Å². The Labute approximate surface area is 89.4 Å². The number of piperidine rings is 1. The zero-order chi connectivity index (χ0) is 10.7. The highest BCUT2D eigenvalue weighted by molar-refractivity contribution is 5.77. The molecule has 1 heterocycles. The first-order valence-electron chi connectivity index (χ1n) is 5.23. The summed E-state index contributed by atoms with van der Waals surface area (Å²) in [5, 5.41) is 2.99. The Morgan fingerprint density at radius 1 is 1.33 bits per heavy atom. The molecule has 1 aliphatic rings. The van der Waals surface area contributed by atoms with E-state index in [0.717, 1.165) is 24.2 Å². The second-order valence-electron chi connectivity index (χ2n) is 3.79. The van der Waals surface area contributed by atoms with E-state index >= 15 is 0 Å². The zero-order valence-corrected chi connectivity index (χ0v) is 8.82. The number of ether oxygens (including phenoxy) is 1. The maximum absolute atomic E-state index is 11.2. The molecule has 80 valence electrons. The van der Waals surface area contributed by atoms with E-state index in [0.29, 0.717) is 6.42 Å². The molecule has 1 saturated heterocycles. The van der Waals surface area contributed by atoms with Crippen LogP contribution < -0.4 is 10.1 Å². The normalized spacial score (nSPS) is 20.9. The third kappa shape index (κ3) is 2.29. The molecule has 0 radical (unpaired) electrons. The second kappa shape index (κ2) is 4.34. The summed E-state index contributed by atoms with van der Waals surface area (Å²) in [4.78, 5) is 11.2. The molecule has 3 heteroatoms. The van der Waals surface area contributed by atoms with Crippen LogP contribution in [0.4, 0.5) is 0 Å². The number of amides is 1. The van der Waals surface area contributed by atoms with Crippen LogP contribution in [-0.2, 0) is 4.79 Å². The molecular weight excluding hydrogens is 190 g/mol. The molecule has 0 bridgehead atoms. The van der Waals surface area contributed by atoms with Crippen LogP contribution >= 0.6 is 0 Å². The van der Waals surface area contributed by atoms with Gasteiger partial charge in [0.05, 0.1) is 13.2 Å². The van der Waals surface area contributed by atoms with Crippen LogP contribution in [0.1, 0.15) is 30.9 Å². The molecule has 1 aromatic carbocycles. The van der Waals surface area contributed by atoms with Crippen LogP contribution in [0.15, 0.2) is 24.3 Å². The first-order chi connectivity index (χ1) is 7.29. The van der Waals surface area contributed by atoms with E-state index in [1.807, 2.05) is 24.3 Å². The van der Waals surface area contributed by atoms with Crippen molar-refractivity contribution >= 4 is 5.91 Å². The summed E-state index contributed by atoms with van der Waals surface area (Å²) in [5.41, 5.74) is 1.16. The molecule has 1 fully saturated rings. The van der Waals surface area contributed by atoms with Crippen molar-refractivity contribution in [3.8, 4) is 5.75 Å². The molecule has 15 heavy (non-hydrogen) atoms. The summed E-state index contributed by atoms with van der Waals surface area (Å²) in [6, 6.07) is 8.05. The van der Waals surface area contributed by atoms with Gasteiger partial charge in [-0.3, -0.25) is 4.79 Å². The fourth-order valence-electron chi connectivity index (χ4n) is 1.89. The molecule has 1 N–H and O–H groups in total. The van der Waals surface area contributed by atoms with Gasteiger partial charge in [0.25, 0.3) is 0 Å². The van der Waals surface area contributed by atoms with Gasteiger partial charge in [-0.2, -0.15) is 0 Å². The topological polar surface area (TPSA) is 38.3 Å². The Kier molecular flexibility index (Phi) is 2.90. The van der Waals surface area contributed by atoms with E-state index in [2.05, 4.69) is 5.32 Å². The molecule has 0 unspecified atom stereocenters. The van der Waals surface area contributed by atoms with E-state index in [1.165, 1.54) is 0 Å². The molecule has 0 spiro atoms. The summed E-state index contributed by atoms with van der Waals surface area (Å²) < 4.78 is 5.09. The van der Waals surface area contributed by atoms with Gasteiger partial charge < -0.3 is 10.1 Å². The van der Waals surface area contributed by atoms with Crippen molar-refractivity contribution in [3.63, 3.8) is 0 Å². The molecule has 3 nitrogen and oxygen atoms in total. The van der Waals surface area contributed by atoms with Crippen LogP contribution in [-0.4, -0.2) is 13.0 Å². The average molecular weight is 205 g/mol. The van der Waals surface area contributed by atoms with Gasteiger partial charge in [-0.05, 0) is 30.5 Å². The highest BCUT2D eigenvalue weighted by atomic mass is 16.5. The quantitative estimate of drug-likeness (QED) is 0.802. The zero-order valence-electron chi connectivity index (χ0n) is 8.82. The fourth-order valence-corrected chi connectivity index (χ4v) is 1.89. The summed E-state index contributed by atoms with van der Waals surface area (Å²) >= 11 is 0. The highest BCUT2D eigenvalue weighted by Crippen LogP contribution is 2.24. The number of rotatable bonds is 2. The molecule has 0 aliphatic carbocycles. The van der Waals surface area contributed by atoms with Crippen molar-refractivity contribution in [2.45, 2.75) is 25.3 Å². The predicted octanol–water partition coefficient (Wildman–Crippen LogP) is 2.04. The standard InChI is InChI=1S/C12H15NO2/c1-15-10-7-5-9(6-8-10)11-3-2-4-12(14)13-11/h5-8,11H,2-4H2,1H3,(H,13,14)/t11-/m0/s1. The van der Waals surface area contributed by atoms with Crippen molar-refractivity contribution in [2.24, 2.45) is 0 Å². The molecule has 0 saturated carbocycles. The van der Waals surface area contributed by atoms with E-state index in [4.69, 9.17) is 4.74 Å². The summed E-state index contributed by atoms with van der Waals surface area (Å²) in [7, 11) is 1.65. The Balaban J connectivity index is 2.11. The van der Waals surface area contributed by atoms with Crippen LogP contribution in [0, 0.1) is 0 Å². The molecule has 1 amide bonds. The monoisotopic (exact) mass is 205 g/mol. The Morgan fingerprint density at radius 2 is 2.07 bits per heavy atom.